The van der Waals surface area contributed by atoms with Gasteiger partial charge in [0.25, 0.3) is 0 Å². The summed E-state index contributed by atoms with van der Waals surface area (Å²) < 4.78 is 5.62. The number of hydrogen-bond donors (Lipinski definition) is 1. The molecule has 0 aromatic heterocycles. The number of nitrogens with two attached hydrogens (primary N) is 1. The molecule has 21 heavy (non-hydrogen) atoms. The molecule has 2 atom stereocenters. The lowest BCUT2D eigenvalue weighted by molar-refractivity contribution is 0.0983. The summed E-state index contributed by atoms with van der Waals surface area (Å²) in [5.74, 6) is 0.939. The van der Waals surface area contributed by atoms with Crippen molar-refractivity contribution in [2.45, 2.75) is 31.8 Å². The highest BCUT2D eigenvalue weighted by atomic mass is 16.5. The molecule has 0 bridgehead atoms. The predicted octanol–water partition coefficient (Wildman–Crippen LogP) is 2.11. The van der Waals surface area contributed by atoms with Gasteiger partial charge < -0.3 is 15.4 Å². The van der Waals surface area contributed by atoms with Gasteiger partial charge in [-0.25, -0.2) is 0 Å². The van der Waals surface area contributed by atoms with Crippen molar-refractivity contribution >= 4 is 0 Å². The van der Waals surface area contributed by atoms with Crippen LogP contribution in [0.15, 0.2) is 24.3 Å². The number of rotatable bonds is 6. The standard InChI is InChI=1S/C17H29N3O/c1-4-21-16-9-5-7-14(11-16)17(12-18)20-10-6-8-15(13-20)19(2)3/h5,7,9,11,15,17H,4,6,8,10,12-13,18H2,1-3H3. The second kappa shape index (κ2) is 7.78. The van der Waals surface area contributed by atoms with E-state index >= 15 is 0 Å². The van der Waals surface area contributed by atoms with Crippen molar-refractivity contribution in [3.63, 3.8) is 0 Å². The Kier molecular flexibility index (Phi) is 6.03. The molecule has 0 spiro atoms. The fourth-order valence-corrected chi connectivity index (χ4v) is 3.16. The Labute approximate surface area is 128 Å². The van der Waals surface area contributed by atoms with Crippen LogP contribution in [0.2, 0.25) is 0 Å². The van der Waals surface area contributed by atoms with E-state index in [1.807, 2.05) is 13.0 Å². The lowest BCUT2D eigenvalue weighted by Crippen LogP contribution is -2.47. The SMILES string of the molecule is CCOc1cccc(C(CN)N2CCCC(N(C)C)C2)c1. The molecule has 1 heterocycles. The van der Waals surface area contributed by atoms with Gasteiger partial charge in [0, 0.05) is 25.2 Å². The average molecular weight is 291 g/mol. The third kappa shape index (κ3) is 4.19. The molecule has 4 nitrogen and oxygen atoms in total. The van der Waals surface area contributed by atoms with Crippen LogP contribution in [0.3, 0.4) is 0 Å². The molecular weight excluding hydrogens is 262 g/mol. The molecule has 2 rings (SSSR count). The van der Waals surface area contributed by atoms with E-state index in [-0.39, 0.29) is 6.04 Å². The van der Waals surface area contributed by atoms with Gasteiger partial charge in [-0.3, -0.25) is 4.90 Å². The van der Waals surface area contributed by atoms with Crippen LogP contribution in [0, 0.1) is 0 Å². The minimum absolute atomic E-state index is 0.285. The van der Waals surface area contributed by atoms with Gasteiger partial charge in [-0.2, -0.15) is 0 Å². The third-order valence-electron chi connectivity index (χ3n) is 4.38. The molecule has 1 aromatic rings. The molecule has 0 saturated carbocycles. The van der Waals surface area contributed by atoms with Crippen molar-refractivity contribution in [3.8, 4) is 5.75 Å². The summed E-state index contributed by atoms with van der Waals surface area (Å²) in [6, 6.07) is 9.30. The van der Waals surface area contributed by atoms with Crippen molar-refractivity contribution in [2.24, 2.45) is 5.73 Å². The van der Waals surface area contributed by atoms with Crippen molar-refractivity contribution in [3.05, 3.63) is 29.8 Å². The monoisotopic (exact) mass is 291 g/mol. The third-order valence-corrected chi connectivity index (χ3v) is 4.38. The van der Waals surface area contributed by atoms with Crippen LogP contribution >= 0.6 is 0 Å². The van der Waals surface area contributed by atoms with E-state index in [0.717, 1.165) is 18.8 Å². The first-order valence-electron chi connectivity index (χ1n) is 7.99. The largest absolute Gasteiger partial charge is 0.494 e. The zero-order chi connectivity index (χ0) is 15.2. The van der Waals surface area contributed by atoms with E-state index in [1.165, 1.54) is 18.4 Å². The van der Waals surface area contributed by atoms with Gasteiger partial charge in [0.15, 0.2) is 0 Å². The molecule has 0 amide bonds. The van der Waals surface area contributed by atoms with E-state index in [4.69, 9.17) is 10.5 Å². The molecular formula is C17H29N3O. The highest BCUT2D eigenvalue weighted by Gasteiger charge is 2.27. The molecule has 4 heteroatoms. The molecule has 0 radical (unpaired) electrons. The number of nitrogens with zero attached hydrogens (tertiary/aromatic N) is 2. The maximum Gasteiger partial charge on any atom is 0.119 e. The number of ether oxygens (including phenoxy) is 1. The second-order valence-corrected chi connectivity index (χ2v) is 6.01. The molecule has 2 unspecified atom stereocenters. The van der Waals surface area contributed by atoms with Crippen LogP contribution in [0.4, 0.5) is 0 Å². The van der Waals surface area contributed by atoms with Crippen molar-refractivity contribution < 1.29 is 4.74 Å². The highest BCUT2D eigenvalue weighted by molar-refractivity contribution is 5.31. The van der Waals surface area contributed by atoms with E-state index < -0.39 is 0 Å². The molecule has 1 aliphatic rings. The number of hydrogen-bond acceptors (Lipinski definition) is 4. The van der Waals surface area contributed by atoms with Crippen LogP contribution in [0.1, 0.15) is 31.4 Å². The summed E-state index contributed by atoms with van der Waals surface area (Å²) in [4.78, 5) is 4.86. The minimum Gasteiger partial charge on any atom is -0.494 e. The Balaban J connectivity index is 2.13. The van der Waals surface area contributed by atoms with Crippen LogP contribution < -0.4 is 10.5 Å². The smallest absolute Gasteiger partial charge is 0.119 e. The van der Waals surface area contributed by atoms with Crippen LogP contribution in [0.5, 0.6) is 5.75 Å². The zero-order valence-corrected chi connectivity index (χ0v) is 13.6. The Bertz CT molecular complexity index is 436. The summed E-state index contributed by atoms with van der Waals surface area (Å²) >= 11 is 0. The maximum atomic E-state index is 6.09. The van der Waals surface area contributed by atoms with E-state index in [9.17, 15) is 0 Å². The number of likely N-dealkylation sites (tertiary alicyclic amines) is 1. The molecule has 118 valence electrons. The molecule has 2 N–H and O–H groups in total. The fraction of sp³-hybridized carbons (Fsp3) is 0.647. The topological polar surface area (TPSA) is 41.7 Å². The molecule has 1 aromatic carbocycles. The van der Waals surface area contributed by atoms with Crippen molar-refractivity contribution in [1.82, 2.24) is 9.80 Å². The van der Waals surface area contributed by atoms with Gasteiger partial charge in [-0.15, -0.1) is 0 Å². The van der Waals surface area contributed by atoms with Gasteiger partial charge >= 0.3 is 0 Å². The van der Waals surface area contributed by atoms with Crippen molar-refractivity contribution in [1.29, 1.82) is 0 Å². The Morgan fingerprint density at radius 1 is 1.43 bits per heavy atom. The Morgan fingerprint density at radius 3 is 2.90 bits per heavy atom. The van der Waals surface area contributed by atoms with Crippen LogP contribution in [-0.2, 0) is 0 Å². The highest BCUT2D eigenvalue weighted by Crippen LogP contribution is 2.27. The molecule has 1 aliphatic heterocycles. The zero-order valence-electron chi connectivity index (χ0n) is 13.6. The summed E-state index contributed by atoms with van der Waals surface area (Å²) in [7, 11) is 4.34. The Hall–Kier alpha value is -1.10. The van der Waals surface area contributed by atoms with Gasteiger partial charge in [0.2, 0.25) is 0 Å². The van der Waals surface area contributed by atoms with Crippen LogP contribution in [0.25, 0.3) is 0 Å². The first kappa shape index (κ1) is 16.3. The predicted molar refractivity (Wildman–Crippen MR) is 87.7 cm³/mol. The molecule has 1 saturated heterocycles. The first-order chi connectivity index (χ1) is 10.2. The fourth-order valence-electron chi connectivity index (χ4n) is 3.16. The van der Waals surface area contributed by atoms with Gasteiger partial charge in [-0.05, 0) is 58.1 Å². The lowest BCUT2D eigenvalue weighted by Gasteiger charge is -2.40. The first-order valence-corrected chi connectivity index (χ1v) is 7.99. The number of benzene rings is 1. The molecule has 0 aliphatic carbocycles. The Morgan fingerprint density at radius 2 is 2.24 bits per heavy atom. The van der Waals surface area contributed by atoms with E-state index in [2.05, 4.69) is 42.1 Å². The molecule has 1 fully saturated rings. The van der Waals surface area contributed by atoms with E-state index in [0.29, 0.717) is 19.2 Å². The summed E-state index contributed by atoms with van der Waals surface area (Å²) in [5, 5.41) is 0. The second-order valence-electron chi connectivity index (χ2n) is 6.01. The lowest BCUT2D eigenvalue weighted by atomic mass is 9.98. The number of piperidine rings is 1. The summed E-state index contributed by atoms with van der Waals surface area (Å²) in [5.41, 5.74) is 7.35. The summed E-state index contributed by atoms with van der Waals surface area (Å²) in [6.07, 6.45) is 2.52. The van der Waals surface area contributed by atoms with E-state index in [1.54, 1.807) is 0 Å². The minimum atomic E-state index is 0.285. The average Bonchev–Trinajstić information content (AvgIpc) is 2.49. The maximum absolute atomic E-state index is 6.09. The van der Waals surface area contributed by atoms with Crippen molar-refractivity contribution in [2.75, 3.05) is 40.3 Å². The van der Waals surface area contributed by atoms with Gasteiger partial charge in [0.05, 0.1) is 6.61 Å². The van der Waals surface area contributed by atoms with Gasteiger partial charge in [-0.1, -0.05) is 12.1 Å². The normalized spacial score (nSPS) is 21.5. The summed E-state index contributed by atoms with van der Waals surface area (Å²) in [6.45, 7) is 5.58. The quantitative estimate of drug-likeness (QED) is 0.871. The van der Waals surface area contributed by atoms with Crippen LogP contribution in [-0.4, -0.2) is 56.2 Å². The number of likely N-dealkylation sites (N-methyl/N-ethyl adjacent to an activating group) is 1. The van der Waals surface area contributed by atoms with Gasteiger partial charge in [0.1, 0.15) is 5.75 Å².